The van der Waals surface area contributed by atoms with Crippen LogP contribution in [0.15, 0.2) is 48.5 Å². The van der Waals surface area contributed by atoms with Gasteiger partial charge in [-0.1, -0.05) is 30.3 Å². The molecule has 2 aromatic carbocycles. The molecule has 0 radical (unpaired) electrons. The Bertz CT molecular complexity index is 887. The predicted molar refractivity (Wildman–Crippen MR) is 102 cm³/mol. The Balaban J connectivity index is 1.48. The summed E-state index contributed by atoms with van der Waals surface area (Å²) in [5.74, 6) is 0.198. The molecular weight excluding hydrogens is 330 g/mol. The van der Waals surface area contributed by atoms with Gasteiger partial charge in [0.15, 0.2) is 6.04 Å². The molecule has 0 spiro atoms. The molecule has 0 fully saturated rings. The van der Waals surface area contributed by atoms with Crippen molar-refractivity contribution >= 4 is 33.1 Å². The number of likely N-dealkylation sites (N-methyl/N-ethyl adjacent to an activating group) is 1. The maximum absolute atomic E-state index is 13.0. The summed E-state index contributed by atoms with van der Waals surface area (Å²) < 4.78 is 1.21. The van der Waals surface area contributed by atoms with Crippen molar-refractivity contribution in [2.75, 3.05) is 18.5 Å². The molecule has 1 unspecified atom stereocenters. The van der Waals surface area contributed by atoms with E-state index in [-0.39, 0.29) is 11.9 Å². The lowest BCUT2D eigenvalue weighted by Crippen LogP contribution is -3.12. The number of hydrogen-bond acceptors (Lipinski definition) is 3. The summed E-state index contributed by atoms with van der Waals surface area (Å²) >= 11 is 1.72. The number of thiazole rings is 1. The van der Waals surface area contributed by atoms with E-state index in [9.17, 15) is 4.79 Å². The number of quaternary nitrogens is 1. The summed E-state index contributed by atoms with van der Waals surface area (Å²) in [5.41, 5.74) is 3.39. The van der Waals surface area contributed by atoms with Gasteiger partial charge in [0.05, 0.1) is 17.3 Å². The number of aromatic nitrogens is 1. The quantitative estimate of drug-likeness (QED) is 0.782. The number of nitrogens with one attached hydrogen (secondary N) is 1. The second kappa shape index (κ2) is 6.58. The van der Waals surface area contributed by atoms with Crippen molar-refractivity contribution in [2.45, 2.75) is 25.9 Å². The molecule has 2 atom stereocenters. The Morgan fingerprint density at radius 2 is 2.00 bits per heavy atom. The fraction of sp³-hybridized carbons (Fsp3) is 0.300. The lowest BCUT2D eigenvalue weighted by Gasteiger charge is -2.25. The lowest BCUT2D eigenvalue weighted by molar-refractivity contribution is -0.907. The molecule has 1 aromatic heterocycles. The highest BCUT2D eigenvalue weighted by molar-refractivity contribution is 7.18. The molecule has 4 rings (SSSR count). The van der Waals surface area contributed by atoms with Gasteiger partial charge in [-0.3, -0.25) is 4.79 Å². The van der Waals surface area contributed by atoms with Gasteiger partial charge < -0.3 is 9.80 Å². The van der Waals surface area contributed by atoms with Crippen LogP contribution in [0.25, 0.3) is 10.2 Å². The average Bonchev–Trinajstić information content (AvgIpc) is 3.23. The molecule has 0 bridgehead atoms. The van der Waals surface area contributed by atoms with Gasteiger partial charge in [-0.05, 0) is 37.1 Å². The minimum absolute atomic E-state index is 0.0989. The maximum atomic E-state index is 13.0. The summed E-state index contributed by atoms with van der Waals surface area (Å²) in [6, 6.07) is 16.3. The third-order valence-corrected chi connectivity index (χ3v) is 6.07. The predicted octanol–water partition coefficient (Wildman–Crippen LogP) is 2.29. The molecule has 0 saturated heterocycles. The number of fused-ring (bicyclic) bond motifs is 2. The Labute approximate surface area is 151 Å². The highest BCUT2D eigenvalue weighted by atomic mass is 32.1. The summed E-state index contributed by atoms with van der Waals surface area (Å²) in [6.07, 6.45) is 0.950. The minimum atomic E-state index is -0.0989. The third kappa shape index (κ3) is 3.05. The number of carbonyl (C=O) groups excluding carboxylic acids is 1. The first-order valence-corrected chi connectivity index (χ1v) is 9.51. The molecule has 5 heteroatoms. The molecule has 25 heavy (non-hydrogen) atoms. The Morgan fingerprint density at radius 3 is 2.84 bits per heavy atom. The van der Waals surface area contributed by atoms with Gasteiger partial charge in [0.1, 0.15) is 11.6 Å². The first-order valence-electron chi connectivity index (χ1n) is 8.69. The Hall–Kier alpha value is -2.24. The molecule has 2 heterocycles. The van der Waals surface area contributed by atoms with E-state index in [1.165, 1.54) is 15.2 Å². The summed E-state index contributed by atoms with van der Waals surface area (Å²) in [6.45, 7) is 3.57. The van der Waals surface area contributed by atoms with E-state index >= 15 is 0 Å². The molecule has 3 aromatic rings. The van der Waals surface area contributed by atoms with Crippen LogP contribution in [0.4, 0.5) is 5.69 Å². The monoisotopic (exact) mass is 352 g/mol. The Morgan fingerprint density at radius 1 is 1.24 bits per heavy atom. The van der Waals surface area contributed by atoms with E-state index < -0.39 is 0 Å². The topological polar surface area (TPSA) is 37.6 Å². The smallest absolute Gasteiger partial charge is 0.284 e. The maximum Gasteiger partial charge on any atom is 0.284 e. The fourth-order valence-electron chi connectivity index (χ4n) is 3.40. The van der Waals surface area contributed by atoms with Crippen LogP contribution < -0.4 is 9.80 Å². The van der Waals surface area contributed by atoms with Crippen molar-refractivity contribution in [3.05, 3.63) is 59.1 Å². The Kier molecular flexibility index (Phi) is 4.27. The molecule has 4 nitrogen and oxygen atoms in total. The van der Waals surface area contributed by atoms with E-state index in [0.29, 0.717) is 0 Å². The zero-order valence-electron chi connectivity index (χ0n) is 14.5. The van der Waals surface area contributed by atoms with E-state index in [1.54, 1.807) is 11.3 Å². The molecule has 0 saturated carbocycles. The average molecular weight is 352 g/mol. The second-order valence-corrected chi connectivity index (χ2v) is 7.80. The van der Waals surface area contributed by atoms with Gasteiger partial charge in [-0.15, -0.1) is 11.3 Å². The number of benzene rings is 2. The van der Waals surface area contributed by atoms with Gasteiger partial charge in [0, 0.05) is 12.2 Å². The highest BCUT2D eigenvalue weighted by Crippen LogP contribution is 2.27. The third-order valence-electron chi connectivity index (χ3n) is 5.03. The van der Waals surface area contributed by atoms with Crippen molar-refractivity contribution in [1.82, 2.24) is 4.98 Å². The number of para-hydroxylation sites is 2. The number of anilines is 1. The van der Waals surface area contributed by atoms with Crippen LogP contribution in [0.2, 0.25) is 0 Å². The van der Waals surface area contributed by atoms with Crippen LogP contribution in [-0.4, -0.2) is 30.5 Å². The van der Waals surface area contributed by atoms with Crippen LogP contribution >= 0.6 is 11.3 Å². The first kappa shape index (κ1) is 16.2. The van der Waals surface area contributed by atoms with Crippen molar-refractivity contribution in [3.63, 3.8) is 0 Å². The number of rotatable bonds is 4. The van der Waals surface area contributed by atoms with Crippen molar-refractivity contribution in [1.29, 1.82) is 0 Å². The zero-order valence-corrected chi connectivity index (χ0v) is 15.3. The van der Waals surface area contributed by atoms with Gasteiger partial charge in [0.2, 0.25) is 0 Å². The van der Waals surface area contributed by atoms with Crippen LogP contribution in [0.3, 0.4) is 0 Å². The van der Waals surface area contributed by atoms with Crippen molar-refractivity contribution in [2.24, 2.45) is 0 Å². The molecule has 1 aliphatic heterocycles. The van der Waals surface area contributed by atoms with Gasteiger partial charge in [0.25, 0.3) is 5.91 Å². The summed E-state index contributed by atoms with van der Waals surface area (Å²) in [7, 11) is 2.08. The van der Waals surface area contributed by atoms with Gasteiger partial charge in [-0.25, -0.2) is 4.98 Å². The summed E-state index contributed by atoms with van der Waals surface area (Å²) in [4.78, 5) is 20.8. The lowest BCUT2D eigenvalue weighted by atomic mass is 10.2. The van der Waals surface area contributed by atoms with Crippen LogP contribution in [0.1, 0.15) is 17.5 Å². The zero-order chi connectivity index (χ0) is 17.4. The molecule has 1 N–H and O–H groups in total. The largest absolute Gasteiger partial charge is 0.322 e. The number of nitrogens with zero attached hydrogens (tertiary/aromatic N) is 2. The van der Waals surface area contributed by atoms with E-state index in [4.69, 9.17) is 4.98 Å². The molecule has 1 aliphatic rings. The number of amides is 1. The minimum Gasteiger partial charge on any atom is -0.322 e. The van der Waals surface area contributed by atoms with Gasteiger partial charge >= 0.3 is 0 Å². The van der Waals surface area contributed by atoms with E-state index in [0.717, 1.165) is 35.7 Å². The van der Waals surface area contributed by atoms with Gasteiger partial charge in [-0.2, -0.15) is 0 Å². The molecular formula is C20H22N3OS+. The molecule has 128 valence electrons. The number of carbonyl (C=O) groups is 1. The second-order valence-electron chi connectivity index (χ2n) is 6.69. The standard InChI is InChI=1S/C20H21N3OS/c1-14(20(24)23-12-11-15-7-3-5-9-17(15)23)22(2)13-19-21-16-8-4-6-10-18(16)25-19/h3-10,14H,11-13H2,1-2H3/p+1/t14-/m0/s1. The molecule has 1 amide bonds. The van der Waals surface area contributed by atoms with E-state index in [2.05, 4.69) is 25.2 Å². The van der Waals surface area contributed by atoms with Crippen molar-refractivity contribution < 1.29 is 9.69 Å². The van der Waals surface area contributed by atoms with E-state index in [1.807, 2.05) is 42.2 Å². The van der Waals surface area contributed by atoms with Crippen LogP contribution in [0.5, 0.6) is 0 Å². The normalized spacial score (nSPS) is 16.0. The SMILES string of the molecule is C[C@@H](C(=O)N1CCc2ccccc21)[NH+](C)Cc1nc2ccccc2s1. The first-order chi connectivity index (χ1) is 12.1. The van der Waals surface area contributed by atoms with Crippen LogP contribution in [0, 0.1) is 0 Å². The summed E-state index contributed by atoms with van der Waals surface area (Å²) in [5, 5.41) is 1.08. The fourth-order valence-corrected chi connectivity index (χ4v) is 4.46. The molecule has 0 aliphatic carbocycles. The number of hydrogen-bond donors (Lipinski definition) is 1. The highest BCUT2D eigenvalue weighted by Gasteiger charge is 2.32. The van der Waals surface area contributed by atoms with Crippen molar-refractivity contribution in [3.8, 4) is 0 Å². The van der Waals surface area contributed by atoms with Crippen LogP contribution in [-0.2, 0) is 17.8 Å².